The first-order chi connectivity index (χ1) is 10.7. The number of hydrogen-bond acceptors (Lipinski definition) is 3. The first kappa shape index (κ1) is 17.5. The Morgan fingerprint density at radius 3 is 2.61 bits per heavy atom. The molecule has 1 aliphatic rings. The number of carbonyl (C=O) groups is 1. The fraction of sp³-hybridized carbons (Fsp3) is 0.579. The van der Waals surface area contributed by atoms with Gasteiger partial charge in [0.2, 0.25) is 5.91 Å². The zero-order valence-electron chi connectivity index (χ0n) is 15.3. The van der Waals surface area contributed by atoms with Crippen LogP contribution in [0.5, 0.6) is 5.75 Å². The van der Waals surface area contributed by atoms with Crippen LogP contribution in [0.2, 0.25) is 0 Å². The molecule has 1 aromatic rings. The Morgan fingerprint density at radius 2 is 2.04 bits per heavy atom. The molecule has 4 heteroatoms. The van der Waals surface area contributed by atoms with E-state index in [0.717, 1.165) is 22.6 Å². The van der Waals surface area contributed by atoms with Crippen LogP contribution in [-0.4, -0.2) is 18.0 Å². The van der Waals surface area contributed by atoms with E-state index < -0.39 is 0 Å². The summed E-state index contributed by atoms with van der Waals surface area (Å²) in [4.78, 5) is 17.0. The van der Waals surface area contributed by atoms with Crippen LogP contribution in [0, 0.1) is 31.1 Å². The van der Waals surface area contributed by atoms with Gasteiger partial charge in [-0.1, -0.05) is 25.5 Å². The van der Waals surface area contributed by atoms with E-state index in [-0.39, 0.29) is 17.2 Å². The predicted molar refractivity (Wildman–Crippen MR) is 92.3 cm³/mol. The lowest BCUT2D eigenvalue weighted by atomic mass is 10.1. The maximum absolute atomic E-state index is 12.5. The van der Waals surface area contributed by atoms with E-state index in [0.29, 0.717) is 12.5 Å². The topological polar surface area (TPSA) is 51.2 Å². The van der Waals surface area contributed by atoms with Crippen LogP contribution in [0.1, 0.15) is 44.5 Å². The molecule has 4 nitrogen and oxygen atoms in total. The second-order valence-corrected chi connectivity index (χ2v) is 7.33. The molecule has 1 saturated carbocycles. The molecule has 1 fully saturated rings. The molecule has 23 heavy (non-hydrogen) atoms. The van der Waals surface area contributed by atoms with Gasteiger partial charge < -0.3 is 10.1 Å². The van der Waals surface area contributed by atoms with Gasteiger partial charge in [-0.3, -0.25) is 9.78 Å². The SMILES string of the molecule is COc1c(C)cnc(CNC(=O)[C@@H]2[C@@H](C=C(C)C)C2(C)C)c1C. The molecule has 0 unspecified atom stereocenters. The van der Waals surface area contributed by atoms with E-state index in [1.165, 1.54) is 5.57 Å². The molecule has 1 N–H and O–H groups in total. The molecule has 0 radical (unpaired) electrons. The van der Waals surface area contributed by atoms with E-state index in [1.807, 2.05) is 13.8 Å². The molecule has 1 heterocycles. The monoisotopic (exact) mass is 316 g/mol. The quantitative estimate of drug-likeness (QED) is 0.845. The summed E-state index contributed by atoms with van der Waals surface area (Å²) < 4.78 is 5.42. The summed E-state index contributed by atoms with van der Waals surface area (Å²) >= 11 is 0. The highest BCUT2D eigenvalue weighted by molar-refractivity contribution is 5.83. The summed E-state index contributed by atoms with van der Waals surface area (Å²) in [6, 6.07) is 0. The summed E-state index contributed by atoms with van der Waals surface area (Å²) in [6.07, 6.45) is 4.00. The standard InChI is InChI=1S/C19H28N2O2/c1-11(2)8-14-16(19(14,5)6)18(22)21-10-15-13(4)17(23-7)12(3)9-20-15/h8-9,14,16H,10H2,1-7H3,(H,21,22)/t14-,16+/m1/s1. The molecule has 2 rings (SSSR count). The van der Waals surface area contributed by atoms with E-state index in [2.05, 4.69) is 44.1 Å². The zero-order valence-corrected chi connectivity index (χ0v) is 15.3. The van der Waals surface area contributed by atoms with Gasteiger partial charge in [0.25, 0.3) is 0 Å². The maximum Gasteiger partial charge on any atom is 0.224 e. The number of ether oxygens (including phenoxy) is 1. The molecule has 1 aliphatic carbocycles. The summed E-state index contributed by atoms with van der Waals surface area (Å²) in [6.45, 7) is 12.9. The van der Waals surface area contributed by atoms with Crippen molar-refractivity contribution in [3.63, 3.8) is 0 Å². The minimum atomic E-state index is 0.0365. The Kier molecular flexibility index (Phi) is 4.83. The zero-order chi connectivity index (χ0) is 17.4. The smallest absolute Gasteiger partial charge is 0.224 e. The van der Waals surface area contributed by atoms with Crippen molar-refractivity contribution in [1.82, 2.24) is 10.3 Å². The van der Waals surface area contributed by atoms with E-state index in [1.54, 1.807) is 13.3 Å². The van der Waals surface area contributed by atoms with Gasteiger partial charge in [0.05, 0.1) is 25.3 Å². The number of methoxy groups -OCH3 is 1. The van der Waals surface area contributed by atoms with Gasteiger partial charge in [-0.15, -0.1) is 0 Å². The minimum Gasteiger partial charge on any atom is -0.496 e. The summed E-state index contributed by atoms with van der Waals surface area (Å²) in [5, 5.41) is 3.05. The van der Waals surface area contributed by atoms with Crippen LogP contribution >= 0.6 is 0 Å². The number of amides is 1. The van der Waals surface area contributed by atoms with Gasteiger partial charge in [-0.2, -0.15) is 0 Å². The average molecular weight is 316 g/mol. The number of carbonyl (C=O) groups excluding carboxylic acids is 1. The summed E-state index contributed by atoms with van der Waals surface area (Å²) in [5.41, 5.74) is 4.15. The number of nitrogens with one attached hydrogen (secondary N) is 1. The number of allylic oxidation sites excluding steroid dienone is 2. The maximum atomic E-state index is 12.5. The van der Waals surface area contributed by atoms with Crippen molar-refractivity contribution in [3.05, 3.63) is 34.7 Å². The molecule has 0 spiro atoms. The van der Waals surface area contributed by atoms with Gasteiger partial charge in [-0.25, -0.2) is 0 Å². The number of aryl methyl sites for hydroxylation is 1. The van der Waals surface area contributed by atoms with E-state index >= 15 is 0 Å². The lowest BCUT2D eigenvalue weighted by Crippen LogP contribution is -2.27. The van der Waals surface area contributed by atoms with Gasteiger partial charge in [0.15, 0.2) is 0 Å². The third-order valence-corrected chi connectivity index (χ3v) is 4.89. The van der Waals surface area contributed by atoms with Crippen molar-refractivity contribution >= 4 is 5.91 Å². The molecule has 0 saturated heterocycles. The molecule has 0 bridgehead atoms. The number of pyridine rings is 1. The Bertz CT molecular complexity index is 643. The number of hydrogen-bond donors (Lipinski definition) is 1. The highest BCUT2D eigenvalue weighted by Gasteiger charge is 2.60. The highest BCUT2D eigenvalue weighted by Crippen LogP contribution is 2.59. The first-order valence-corrected chi connectivity index (χ1v) is 8.12. The minimum absolute atomic E-state index is 0.0365. The van der Waals surface area contributed by atoms with Crippen LogP contribution in [0.25, 0.3) is 0 Å². The van der Waals surface area contributed by atoms with E-state index in [9.17, 15) is 4.79 Å². The third kappa shape index (κ3) is 3.41. The number of nitrogens with zero attached hydrogens (tertiary/aromatic N) is 1. The van der Waals surface area contributed by atoms with Crippen molar-refractivity contribution in [1.29, 1.82) is 0 Å². The Morgan fingerprint density at radius 1 is 1.39 bits per heavy atom. The molecule has 1 amide bonds. The van der Waals surface area contributed by atoms with Crippen molar-refractivity contribution in [3.8, 4) is 5.75 Å². The molecule has 2 atom stereocenters. The van der Waals surface area contributed by atoms with E-state index in [4.69, 9.17) is 4.74 Å². The lowest BCUT2D eigenvalue weighted by Gasteiger charge is -2.13. The second kappa shape index (κ2) is 6.34. The summed E-state index contributed by atoms with van der Waals surface area (Å²) in [7, 11) is 1.66. The van der Waals surface area contributed by atoms with Crippen molar-refractivity contribution in [2.75, 3.05) is 7.11 Å². The highest BCUT2D eigenvalue weighted by atomic mass is 16.5. The van der Waals surface area contributed by atoms with Crippen molar-refractivity contribution in [2.24, 2.45) is 17.3 Å². The molecule has 126 valence electrons. The van der Waals surface area contributed by atoms with Crippen LogP contribution in [0.4, 0.5) is 0 Å². The normalized spacial score (nSPS) is 21.5. The largest absolute Gasteiger partial charge is 0.496 e. The molecular weight excluding hydrogens is 288 g/mol. The van der Waals surface area contributed by atoms with Crippen molar-refractivity contribution in [2.45, 2.75) is 48.1 Å². The van der Waals surface area contributed by atoms with Crippen LogP contribution in [0.3, 0.4) is 0 Å². The van der Waals surface area contributed by atoms with Crippen LogP contribution in [0.15, 0.2) is 17.8 Å². The van der Waals surface area contributed by atoms with Crippen LogP contribution in [-0.2, 0) is 11.3 Å². The van der Waals surface area contributed by atoms with Crippen molar-refractivity contribution < 1.29 is 9.53 Å². The third-order valence-electron chi connectivity index (χ3n) is 4.89. The Hall–Kier alpha value is -1.84. The van der Waals surface area contributed by atoms with Gasteiger partial charge in [0, 0.05) is 17.3 Å². The Labute approximate surface area is 139 Å². The average Bonchev–Trinajstić information content (AvgIpc) is 2.98. The molecule has 1 aromatic heterocycles. The molecule has 0 aliphatic heterocycles. The molecule has 0 aromatic carbocycles. The first-order valence-electron chi connectivity index (χ1n) is 8.12. The predicted octanol–water partition coefficient (Wildman–Crippen LogP) is 3.56. The summed E-state index contributed by atoms with van der Waals surface area (Å²) in [5.74, 6) is 1.33. The second-order valence-electron chi connectivity index (χ2n) is 7.33. The van der Waals surface area contributed by atoms with Gasteiger partial charge >= 0.3 is 0 Å². The van der Waals surface area contributed by atoms with Gasteiger partial charge in [-0.05, 0) is 39.0 Å². The lowest BCUT2D eigenvalue weighted by molar-refractivity contribution is -0.123. The number of rotatable bonds is 5. The molecular formula is C19H28N2O2. The fourth-order valence-corrected chi connectivity index (χ4v) is 3.38. The Balaban J connectivity index is 2.05. The fourth-order valence-electron chi connectivity index (χ4n) is 3.38. The van der Waals surface area contributed by atoms with Gasteiger partial charge in [0.1, 0.15) is 5.75 Å². The number of aromatic nitrogens is 1. The van der Waals surface area contributed by atoms with Crippen LogP contribution < -0.4 is 10.1 Å².